The van der Waals surface area contributed by atoms with Gasteiger partial charge in [0, 0.05) is 16.1 Å². The van der Waals surface area contributed by atoms with E-state index >= 15 is 0 Å². The average molecular weight is 310 g/mol. The van der Waals surface area contributed by atoms with Gasteiger partial charge in [-0.05, 0) is 32.0 Å². The second-order valence-electron chi connectivity index (χ2n) is 4.09. The van der Waals surface area contributed by atoms with Gasteiger partial charge in [0.05, 0.1) is 11.3 Å². The Hall–Kier alpha value is -1.92. The molecule has 1 heterocycles. The molecule has 1 aromatic carbocycles. The van der Waals surface area contributed by atoms with E-state index in [9.17, 15) is 9.90 Å². The number of thiazole rings is 1. The highest BCUT2D eigenvalue weighted by Crippen LogP contribution is 2.21. The number of hydrogen-bond donors (Lipinski definition) is 2. The number of hydrazone groups is 1. The van der Waals surface area contributed by atoms with Crippen molar-refractivity contribution in [2.24, 2.45) is 5.10 Å². The maximum Gasteiger partial charge on any atom is 0.275 e. The summed E-state index contributed by atoms with van der Waals surface area (Å²) in [6.07, 6.45) is 0. The van der Waals surface area contributed by atoms with Crippen molar-refractivity contribution >= 4 is 34.6 Å². The number of rotatable bonds is 3. The molecule has 5 nitrogen and oxygen atoms in total. The molecule has 0 radical (unpaired) electrons. The molecule has 0 saturated carbocycles. The standard InChI is InChI=1S/C13H12ClN3O2S/c1-7-6-20-13(15-7)8(2)16-17-12(19)10-5-9(14)3-4-11(10)18/h3-6,18H,1-2H3,(H,17,19)/b16-8+. The Labute approximate surface area is 124 Å². The molecule has 2 N–H and O–H groups in total. The van der Waals surface area contributed by atoms with E-state index < -0.39 is 5.91 Å². The van der Waals surface area contributed by atoms with Gasteiger partial charge in [0.2, 0.25) is 0 Å². The molecule has 0 spiro atoms. The van der Waals surface area contributed by atoms with Crippen LogP contribution >= 0.6 is 22.9 Å². The number of nitrogens with zero attached hydrogens (tertiary/aromatic N) is 2. The zero-order valence-electron chi connectivity index (χ0n) is 10.8. The number of nitrogens with one attached hydrogen (secondary N) is 1. The third-order valence-corrected chi connectivity index (χ3v) is 3.76. The van der Waals surface area contributed by atoms with Crippen LogP contribution in [0.4, 0.5) is 0 Å². The van der Waals surface area contributed by atoms with Crippen molar-refractivity contribution in [3.05, 3.63) is 44.9 Å². The van der Waals surface area contributed by atoms with Gasteiger partial charge in [0.15, 0.2) is 0 Å². The molecule has 0 saturated heterocycles. The number of amides is 1. The van der Waals surface area contributed by atoms with E-state index in [-0.39, 0.29) is 11.3 Å². The number of benzene rings is 1. The summed E-state index contributed by atoms with van der Waals surface area (Å²) < 4.78 is 0. The molecule has 0 aliphatic rings. The lowest BCUT2D eigenvalue weighted by atomic mass is 10.2. The molecule has 0 atom stereocenters. The first kappa shape index (κ1) is 14.5. The van der Waals surface area contributed by atoms with Crippen molar-refractivity contribution in [2.45, 2.75) is 13.8 Å². The minimum Gasteiger partial charge on any atom is -0.507 e. The normalized spacial score (nSPS) is 11.4. The number of carbonyl (C=O) groups is 1. The SMILES string of the molecule is C/C(=N\NC(=O)c1cc(Cl)ccc1O)c1nc(C)cs1. The molecule has 104 valence electrons. The highest BCUT2D eigenvalue weighted by molar-refractivity contribution is 7.11. The van der Waals surface area contributed by atoms with Crippen LogP contribution in [0.25, 0.3) is 0 Å². The average Bonchev–Trinajstić information content (AvgIpc) is 2.85. The van der Waals surface area contributed by atoms with E-state index in [0.29, 0.717) is 10.7 Å². The topological polar surface area (TPSA) is 74.6 Å². The molecule has 0 unspecified atom stereocenters. The molecular formula is C13H12ClN3O2S. The number of phenols is 1. The van der Waals surface area contributed by atoms with Gasteiger partial charge >= 0.3 is 0 Å². The van der Waals surface area contributed by atoms with E-state index in [4.69, 9.17) is 11.6 Å². The molecule has 1 aromatic heterocycles. The smallest absolute Gasteiger partial charge is 0.275 e. The van der Waals surface area contributed by atoms with Crippen molar-refractivity contribution in [1.82, 2.24) is 10.4 Å². The van der Waals surface area contributed by atoms with Gasteiger partial charge in [-0.25, -0.2) is 10.4 Å². The third kappa shape index (κ3) is 3.34. The van der Waals surface area contributed by atoms with Crippen LogP contribution < -0.4 is 5.43 Å². The third-order valence-electron chi connectivity index (χ3n) is 2.46. The molecule has 2 rings (SSSR count). The quantitative estimate of drug-likeness (QED) is 0.676. The van der Waals surface area contributed by atoms with Crippen LogP contribution in [-0.2, 0) is 0 Å². The fraction of sp³-hybridized carbons (Fsp3) is 0.154. The van der Waals surface area contributed by atoms with Gasteiger partial charge in [0.25, 0.3) is 5.91 Å². The van der Waals surface area contributed by atoms with Crippen LogP contribution in [0, 0.1) is 6.92 Å². The number of aromatic nitrogens is 1. The van der Waals surface area contributed by atoms with Crippen molar-refractivity contribution < 1.29 is 9.90 Å². The number of hydrogen-bond acceptors (Lipinski definition) is 5. The Morgan fingerprint density at radius 2 is 2.25 bits per heavy atom. The fourth-order valence-corrected chi connectivity index (χ4v) is 2.37. The Morgan fingerprint density at radius 3 is 2.90 bits per heavy atom. The molecule has 7 heteroatoms. The van der Waals surface area contributed by atoms with Gasteiger partial charge in [0.1, 0.15) is 10.8 Å². The summed E-state index contributed by atoms with van der Waals surface area (Å²) in [6, 6.07) is 4.24. The molecule has 0 fully saturated rings. The minimum absolute atomic E-state index is 0.0735. The van der Waals surface area contributed by atoms with Gasteiger partial charge in [-0.3, -0.25) is 4.79 Å². The molecular weight excluding hydrogens is 298 g/mol. The summed E-state index contributed by atoms with van der Waals surface area (Å²) in [4.78, 5) is 16.2. The molecule has 0 aliphatic heterocycles. The van der Waals surface area contributed by atoms with Crippen molar-refractivity contribution in [3.63, 3.8) is 0 Å². The number of halogens is 1. The summed E-state index contributed by atoms with van der Waals surface area (Å²) in [5, 5.41) is 16.6. The van der Waals surface area contributed by atoms with E-state index in [0.717, 1.165) is 10.7 Å². The maximum absolute atomic E-state index is 11.9. The lowest BCUT2D eigenvalue weighted by Gasteiger charge is -2.04. The molecule has 0 bridgehead atoms. The second kappa shape index (κ2) is 6.02. The van der Waals surface area contributed by atoms with Gasteiger partial charge in [-0.2, -0.15) is 5.10 Å². The molecule has 2 aromatic rings. The molecule has 20 heavy (non-hydrogen) atoms. The zero-order chi connectivity index (χ0) is 14.7. The first-order chi connectivity index (χ1) is 9.47. The Kier molecular flexibility index (Phi) is 4.36. The molecule has 1 amide bonds. The van der Waals surface area contributed by atoms with Gasteiger partial charge in [-0.1, -0.05) is 11.6 Å². The molecule has 0 aliphatic carbocycles. The number of phenolic OH excluding ortho intramolecular Hbond substituents is 1. The van der Waals surface area contributed by atoms with E-state index in [1.807, 2.05) is 12.3 Å². The van der Waals surface area contributed by atoms with Crippen LogP contribution in [-0.4, -0.2) is 21.7 Å². The van der Waals surface area contributed by atoms with Crippen LogP contribution in [0.1, 0.15) is 28.0 Å². The number of aromatic hydroxyl groups is 1. The Bertz CT molecular complexity index is 682. The highest BCUT2D eigenvalue weighted by atomic mass is 35.5. The lowest BCUT2D eigenvalue weighted by molar-refractivity contribution is 0.0952. The monoisotopic (exact) mass is 309 g/mol. The zero-order valence-corrected chi connectivity index (χ0v) is 12.4. The van der Waals surface area contributed by atoms with Crippen LogP contribution in [0.15, 0.2) is 28.7 Å². The summed E-state index contributed by atoms with van der Waals surface area (Å²) in [6.45, 7) is 3.63. The van der Waals surface area contributed by atoms with Crippen LogP contribution in [0.2, 0.25) is 5.02 Å². The summed E-state index contributed by atoms with van der Waals surface area (Å²) in [5.41, 5.74) is 3.94. The van der Waals surface area contributed by atoms with E-state index in [2.05, 4.69) is 15.5 Å². The first-order valence-corrected chi connectivity index (χ1v) is 6.99. The fourth-order valence-electron chi connectivity index (χ4n) is 1.45. The first-order valence-electron chi connectivity index (χ1n) is 5.73. The Balaban J connectivity index is 2.14. The van der Waals surface area contributed by atoms with Gasteiger partial charge < -0.3 is 5.11 Å². The van der Waals surface area contributed by atoms with Crippen molar-refractivity contribution in [1.29, 1.82) is 0 Å². The number of aryl methyl sites for hydroxylation is 1. The summed E-state index contributed by atoms with van der Waals surface area (Å²) in [7, 11) is 0. The van der Waals surface area contributed by atoms with E-state index in [1.54, 1.807) is 6.92 Å². The number of carbonyl (C=O) groups excluding carboxylic acids is 1. The second-order valence-corrected chi connectivity index (χ2v) is 5.39. The van der Waals surface area contributed by atoms with E-state index in [1.165, 1.54) is 29.5 Å². The maximum atomic E-state index is 11.9. The van der Waals surface area contributed by atoms with Crippen LogP contribution in [0.3, 0.4) is 0 Å². The van der Waals surface area contributed by atoms with Gasteiger partial charge in [-0.15, -0.1) is 11.3 Å². The minimum atomic E-state index is -0.530. The summed E-state index contributed by atoms with van der Waals surface area (Å²) >= 11 is 7.23. The predicted molar refractivity (Wildman–Crippen MR) is 79.6 cm³/mol. The largest absolute Gasteiger partial charge is 0.507 e. The lowest BCUT2D eigenvalue weighted by Crippen LogP contribution is -2.19. The van der Waals surface area contributed by atoms with Crippen molar-refractivity contribution in [3.8, 4) is 5.75 Å². The Morgan fingerprint density at radius 1 is 1.50 bits per heavy atom. The highest BCUT2D eigenvalue weighted by Gasteiger charge is 2.11. The van der Waals surface area contributed by atoms with Crippen molar-refractivity contribution in [2.75, 3.05) is 0 Å². The predicted octanol–water partition coefficient (Wildman–Crippen LogP) is 2.96. The summed E-state index contributed by atoms with van der Waals surface area (Å²) in [5.74, 6) is -0.678. The van der Waals surface area contributed by atoms with Crippen LogP contribution in [0.5, 0.6) is 5.75 Å².